The van der Waals surface area contributed by atoms with Gasteiger partial charge < -0.3 is 14.5 Å². The minimum absolute atomic E-state index is 0. The molecule has 1 aromatic heterocycles. The van der Waals surface area contributed by atoms with Crippen LogP contribution in [0.5, 0.6) is 0 Å². The molecule has 0 bridgehead atoms. The molecular formula is C16H21ClN2O2. The van der Waals surface area contributed by atoms with Crippen LogP contribution >= 0.6 is 12.4 Å². The molecule has 0 saturated carbocycles. The van der Waals surface area contributed by atoms with Crippen LogP contribution in [0.3, 0.4) is 0 Å². The third kappa shape index (κ3) is 3.12. The number of nitrogens with zero attached hydrogens (tertiary/aromatic N) is 2. The molecule has 0 saturated heterocycles. The summed E-state index contributed by atoms with van der Waals surface area (Å²) in [6.45, 7) is 0.875. The van der Waals surface area contributed by atoms with Gasteiger partial charge in [-0.15, -0.1) is 12.4 Å². The van der Waals surface area contributed by atoms with Crippen molar-refractivity contribution in [3.63, 3.8) is 0 Å². The van der Waals surface area contributed by atoms with Crippen LogP contribution in [0.2, 0.25) is 0 Å². The van der Waals surface area contributed by atoms with Gasteiger partial charge in [0.25, 0.3) is 0 Å². The van der Waals surface area contributed by atoms with Gasteiger partial charge in [-0.1, -0.05) is 35.5 Å². The van der Waals surface area contributed by atoms with Crippen molar-refractivity contribution in [2.24, 2.45) is 5.92 Å². The quantitative estimate of drug-likeness (QED) is 0.947. The molecule has 1 aliphatic rings. The summed E-state index contributed by atoms with van der Waals surface area (Å²) in [6.07, 6.45) is 1.29. The summed E-state index contributed by atoms with van der Waals surface area (Å²) in [5.74, 6) is 1.07. The second-order valence-corrected chi connectivity index (χ2v) is 5.74. The number of benzene rings is 1. The average Bonchev–Trinajstić information content (AvgIpc) is 2.87. The monoisotopic (exact) mass is 308 g/mol. The Kier molecular flexibility index (Phi) is 5.04. The number of aliphatic hydroxyl groups is 1. The number of halogens is 1. The van der Waals surface area contributed by atoms with Crippen molar-refractivity contribution in [2.45, 2.75) is 18.9 Å². The Balaban J connectivity index is 0.00000161. The summed E-state index contributed by atoms with van der Waals surface area (Å²) in [5, 5.41) is 14.9. The highest BCUT2D eigenvalue weighted by Crippen LogP contribution is 2.40. The predicted octanol–water partition coefficient (Wildman–Crippen LogP) is 2.92. The fraction of sp³-hybridized carbons (Fsp3) is 0.438. The molecule has 1 aliphatic carbocycles. The van der Waals surface area contributed by atoms with Crippen LogP contribution in [0.1, 0.15) is 23.8 Å². The van der Waals surface area contributed by atoms with E-state index in [1.165, 1.54) is 0 Å². The highest BCUT2D eigenvalue weighted by molar-refractivity contribution is 5.85. The molecular weight excluding hydrogens is 288 g/mol. The number of aryl methyl sites for hydroxylation is 1. The Labute approximate surface area is 131 Å². The summed E-state index contributed by atoms with van der Waals surface area (Å²) < 4.78 is 5.44. The van der Waals surface area contributed by atoms with Crippen molar-refractivity contribution in [1.82, 2.24) is 10.1 Å². The first-order chi connectivity index (χ1) is 9.66. The fourth-order valence-corrected chi connectivity index (χ4v) is 2.99. The Hall–Kier alpha value is -1.36. The number of fused-ring (bicyclic) bond motifs is 1. The lowest BCUT2D eigenvalue weighted by Gasteiger charge is -2.29. The summed E-state index contributed by atoms with van der Waals surface area (Å²) in [5.41, 5.74) is 2.67. The molecule has 2 aromatic rings. The molecule has 0 fully saturated rings. The molecule has 21 heavy (non-hydrogen) atoms. The third-order valence-electron chi connectivity index (χ3n) is 3.93. The van der Waals surface area contributed by atoms with E-state index in [1.54, 1.807) is 0 Å². The molecule has 0 spiro atoms. The van der Waals surface area contributed by atoms with E-state index in [0.717, 1.165) is 42.0 Å². The fourth-order valence-electron chi connectivity index (χ4n) is 2.99. The Morgan fingerprint density at radius 1 is 1.29 bits per heavy atom. The van der Waals surface area contributed by atoms with Crippen LogP contribution in [0.25, 0.3) is 11.3 Å². The van der Waals surface area contributed by atoms with Crippen molar-refractivity contribution < 1.29 is 9.63 Å². The van der Waals surface area contributed by atoms with Crippen molar-refractivity contribution in [2.75, 3.05) is 20.6 Å². The zero-order valence-corrected chi connectivity index (χ0v) is 13.1. The lowest BCUT2D eigenvalue weighted by molar-refractivity contribution is 0.0734. The molecule has 3 rings (SSSR count). The normalized spacial score (nSPS) is 21.0. The van der Waals surface area contributed by atoms with E-state index in [0.29, 0.717) is 0 Å². The number of aliphatic hydroxyl groups excluding tert-OH is 1. The van der Waals surface area contributed by atoms with Crippen molar-refractivity contribution in [1.29, 1.82) is 0 Å². The molecule has 1 heterocycles. The molecule has 2 unspecified atom stereocenters. The Bertz CT molecular complexity index is 583. The Morgan fingerprint density at radius 2 is 2.00 bits per heavy atom. The number of rotatable bonds is 3. The zero-order chi connectivity index (χ0) is 14.1. The predicted molar refractivity (Wildman–Crippen MR) is 84.5 cm³/mol. The van der Waals surface area contributed by atoms with Gasteiger partial charge in [-0.3, -0.25) is 0 Å². The molecule has 2 atom stereocenters. The summed E-state index contributed by atoms with van der Waals surface area (Å²) >= 11 is 0. The van der Waals surface area contributed by atoms with Crippen LogP contribution in [0, 0.1) is 5.92 Å². The van der Waals surface area contributed by atoms with Gasteiger partial charge in [-0.25, -0.2) is 0 Å². The maximum Gasteiger partial charge on any atom is 0.143 e. The summed E-state index contributed by atoms with van der Waals surface area (Å²) in [4.78, 5) is 2.12. The molecule has 0 amide bonds. The van der Waals surface area contributed by atoms with E-state index in [-0.39, 0.29) is 18.3 Å². The second kappa shape index (κ2) is 6.60. The van der Waals surface area contributed by atoms with E-state index in [4.69, 9.17) is 4.52 Å². The van der Waals surface area contributed by atoms with Gasteiger partial charge in [0.05, 0.1) is 11.7 Å². The lowest BCUT2D eigenvalue weighted by Crippen LogP contribution is -2.30. The highest BCUT2D eigenvalue weighted by atomic mass is 35.5. The second-order valence-electron chi connectivity index (χ2n) is 5.74. The zero-order valence-electron chi connectivity index (χ0n) is 12.3. The van der Waals surface area contributed by atoms with Crippen molar-refractivity contribution >= 4 is 12.4 Å². The lowest BCUT2D eigenvalue weighted by atomic mass is 9.83. The van der Waals surface area contributed by atoms with Crippen molar-refractivity contribution in [3.05, 3.63) is 41.7 Å². The molecule has 1 aromatic carbocycles. The molecule has 0 radical (unpaired) electrons. The van der Waals surface area contributed by atoms with E-state index >= 15 is 0 Å². The molecule has 5 heteroatoms. The van der Waals surface area contributed by atoms with Crippen LogP contribution in [0.15, 0.2) is 34.9 Å². The van der Waals surface area contributed by atoms with E-state index in [9.17, 15) is 5.11 Å². The number of hydrogen-bond acceptors (Lipinski definition) is 4. The minimum Gasteiger partial charge on any atom is -0.388 e. The topological polar surface area (TPSA) is 49.5 Å². The van der Waals surface area contributed by atoms with Gasteiger partial charge >= 0.3 is 0 Å². The Morgan fingerprint density at radius 3 is 2.67 bits per heavy atom. The maximum absolute atomic E-state index is 10.7. The highest BCUT2D eigenvalue weighted by Gasteiger charge is 2.34. The van der Waals surface area contributed by atoms with Crippen LogP contribution in [-0.4, -0.2) is 35.8 Å². The van der Waals surface area contributed by atoms with Gasteiger partial charge in [-0.2, -0.15) is 0 Å². The van der Waals surface area contributed by atoms with Crippen LogP contribution in [-0.2, 0) is 6.42 Å². The summed E-state index contributed by atoms with van der Waals surface area (Å²) in [7, 11) is 4.07. The maximum atomic E-state index is 10.7. The average molecular weight is 309 g/mol. The van der Waals surface area contributed by atoms with Crippen molar-refractivity contribution in [3.8, 4) is 11.3 Å². The smallest absolute Gasteiger partial charge is 0.143 e. The number of aromatic nitrogens is 1. The SMILES string of the molecule is CN(C)CC1CCc2onc(-c3ccccc3)c2C1O.Cl. The third-order valence-corrected chi connectivity index (χ3v) is 3.93. The molecule has 0 aliphatic heterocycles. The van der Waals surface area contributed by atoms with E-state index in [1.807, 2.05) is 44.4 Å². The standard InChI is InChI=1S/C16H20N2O2.ClH/c1-18(2)10-12-8-9-13-14(16(12)19)15(17-20-13)11-6-4-3-5-7-11;/h3-7,12,16,19H,8-10H2,1-2H3;1H. The minimum atomic E-state index is -0.498. The van der Waals surface area contributed by atoms with Gasteiger partial charge in [-0.05, 0) is 20.5 Å². The van der Waals surface area contributed by atoms with E-state index in [2.05, 4.69) is 10.1 Å². The van der Waals surface area contributed by atoms with Crippen LogP contribution < -0.4 is 0 Å². The first-order valence-corrected chi connectivity index (χ1v) is 7.03. The van der Waals surface area contributed by atoms with Gasteiger partial charge in [0.15, 0.2) is 0 Å². The van der Waals surface area contributed by atoms with E-state index < -0.39 is 6.10 Å². The molecule has 114 valence electrons. The molecule has 1 N–H and O–H groups in total. The number of hydrogen-bond donors (Lipinski definition) is 1. The van der Waals surface area contributed by atoms with Crippen LogP contribution in [0.4, 0.5) is 0 Å². The molecule has 4 nitrogen and oxygen atoms in total. The first kappa shape index (κ1) is 16.0. The van der Waals surface area contributed by atoms with Gasteiger partial charge in [0.1, 0.15) is 11.5 Å². The first-order valence-electron chi connectivity index (χ1n) is 7.03. The largest absolute Gasteiger partial charge is 0.388 e. The van der Waals surface area contributed by atoms with Gasteiger partial charge in [0, 0.05) is 24.4 Å². The van der Waals surface area contributed by atoms with Gasteiger partial charge in [0.2, 0.25) is 0 Å². The summed E-state index contributed by atoms with van der Waals surface area (Å²) in [6, 6.07) is 9.92.